The smallest absolute Gasteiger partial charge is 0.239 e. The van der Waals surface area contributed by atoms with Crippen LogP contribution < -0.4 is 5.73 Å². The second kappa shape index (κ2) is 4.72. The number of rotatable bonds is 4. The zero-order valence-electron chi connectivity index (χ0n) is 10.4. The highest BCUT2D eigenvalue weighted by molar-refractivity contribution is 5.81. The summed E-state index contributed by atoms with van der Waals surface area (Å²) in [6.45, 7) is 3.83. The molecule has 2 fully saturated rings. The Morgan fingerprint density at radius 2 is 2.19 bits per heavy atom. The minimum Gasteiger partial charge on any atom is -0.337 e. The lowest BCUT2D eigenvalue weighted by Gasteiger charge is -2.30. The summed E-state index contributed by atoms with van der Waals surface area (Å²) in [5.41, 5.74) is 5.71. The molecule has 0 aromatic carbocycles. The molecule has 1 aliphatic carbocycles. The Bertz CT molecular complexity index is 263. The van der Waals surface area contributed by atoms with Crippen molar-refractivity contribution in [3.63, 3.8) is 0 Å². The van der Waals surface area contributed by atoms with E-state index in [1.165, 1.54) is 12.8 Å². The molecule has 16 heavy (non-hydrogen) atoms. The van der Waals surface area contributed by atoms with Gasteiger partial charge in [0.25, 0.3) is 0 Å². The molecule has 4 heteroatoms. The number of likely N-dealkylation sites (tertiary alicyclic amines) is 1. The molecular weight excluding hydrogens is 202 g/mol. The van der Waals surface area contributed by atoms with Crippen molar-refractivity contribution < 1.29 is 4.79 Å². The van der Waals surface area contributed by atoms with Crippen molar-refractivity contribution in [2.75, 3.05) is 20.1 Å². The second-order valence-corrected chi connectivity index (χ2v) is 5.29. The van der Waals surface area contributed by atoms with E-state index in [-0.39, 0.29) is 11.9 Å². The Kier molecular flexibility index (Phi) is 3.50. The molecule has 0 unspecified atom stereocenters. The number of hydrogen-bond donors (Lipinski definition) is 1. The quantitative estimate of drug-likeness (QED) is 0.754. The first-order chi connectivity index (χ1) is 7.59. The fourth-order valence-corrected chi connectivity index (χ4v) is 2.50. The molecular formula is C12H23N3O. The van der Waals surface area contributed by atoms with Gasteiger partial charge in [0.05, 0.1) is 6.04 Å². The van der Waals surface area contributed by atoms with E-state index < -0.39 is 0 Å². The van der Waals surface area contributed by atoms with E-state index in [0.717, 1.165) is 25.9 Å². The predicted octanol–water partition coefficient (Wildman–Crippen LogP) is 0.419. The number of carbonyl (C=O) groups excluding carboxylic acids is 1. The third-order valence-corrected chi connectivity index (χ3v) is 3.74. The van der Waals surface area contributed by atoms with Crippen LogP contribution in [0.25, 0.3) is 0 Å². The molecule has 0 aromatic heterocycles. The van der Waals surface area contributed by atoms with Gasteiger partial charge in [0.15, 0.2) is 0 Å². The molecule has 0 bridgehead atoms. The molecule has 92 valence electrons. The zero-order chi connectivity index (χ0) is 11.7. The topological polar surface area (TPSA) is 49.6 Å². The molecule has 0 radical (unpaired) electrons. The first-order valence-corrected chi connectivity index (χ1v) is 6.36. The van der Waals surface area contributed by atoms with E-state index in [9.17, 15) is 4.79 Å². The summed E-state index contributed by atoms with van der Waals surface area (Å²) < 4.78 is 0. The Labute approximate surface area is 97.8 Å². The Balaban J connectivity index is 1.94. The van der Waals surface area contributed by atoms with Gasteiger partial charge in [0.1, 0.15) is 0 Å². The van der Waals surface area contributed by atoms with Crippen LogP contribution in [0.3, 0.4) is 0 Å². The van der Waals surface area contributed by atoms with Gasteiger partial charge in [-0.05, 0) is 46.2 Å². The number of likely N-dealkylation sites (N-methyl/N-ethyl adjacent to an activating group) is 1. The van der Waals surface area contributed by atoms with E-state index >= 15 is 0 Å². The maximum atomic E-state index is 12.0. The average Bonchev–Trinajstić information content (AvgIpc) is 2.99. The van der Waals surface area contributed by atoms with Gasteiger partial charge in [0.2, 0.25) is 5.91 Å². The first kappa shape index (κ1) is 11.9. The monoisotopic (exact) mass is 225 g/mol. The molecule has 1 saturated heterocycles. The highest BCUT2D eigenvalue weighted by atomic mass is 16.2. The number of carbonyl (C=O) groups is 1. The standard InChI is InChI=1S/C12H23N3O/c1-9(13)12(16)15(10-5-6-10)8-11-4-3-7-14(11)2/h9-11H,3-8,13H2,1-2H3/t9-,11+/m0/s1. The normalized spacial score (nSPS) is 28.1. The van der Waals surface area contributed by atoms with Crippen LogP contribution in [0.15, 0.2) is 0 Å². The fourth-order valence-electron chi connectivity index (χ4n) is 2.50. The van der Waals surface area contributed by atoms with Crippen LogP contribution in [0.1, 0.15) is 32.6 Å². The number of hydrogen-bond acceptors (Lipinski definition) is 3. The fraction of sp³-hybridized carbons (Fsp3) is 0.917. The van der Waals surface area contributed by atoms with Crippen molar-refractivity contribution in [3.05, 3.63) is 0 Å². The molecule has 2 aliphatic rings. The third-order valence-electron chi connectivity index (χ3n) is 3.74. The molecule has 2 N–H and O–H groups in total. The Morgan fingerprint density at radius 1 is 1.50 bits per heavy atom. The van der Waals surface area contributed by atoms with Gasteiger partial charge in [-0.25, -0.2) is 0 Å². The van der Waals surface area contributed by atoms with Crippen LogP contribution in [0.4, 0.5) is 0 Å². The van der Waals surface area contributed by atoms with Gasteiger partial charge in [-0.1, -0.05) is 0 Å². The van der Waals surface area contributed by atoms with Crippen molar-refractivity contribution in [2.45, 2.75) is 50.7 Å². The number of amides is 1. The maximum Gasteiger partial charge on any atom is 0.239 e. The minimum atomic E-state index is -0.354. The molecule has 2 rings (SSSR count). The van der Waals surface area contributed by atoms with Gasteiger partial charge in [0, 0.05) is 18.6 Å². The van der Waals surface area contributed by atoms with E-state index in [0.29, 0.717) is 12.1 Å². The summed E-state index contributed by atoms with van der Waals surface area (Å²) in [4.78, 5) is 16.4. The minimum absolute atomic E-state index is 0.128. The average molecular weight is 225 g/mol. The van der Waals surface area contributed by atoms with Crippen molar-refractivity contribution in [3.8, 4) is 0 Å². The highest BCUT2D eigenvalue weighted by Gasteiger charge is 2.36. The highest BCUT2D eigenvalue weighted by Crippen LogP contribution is 2.29. The molecule has 0 spiro atoms. The zero-order valence-corrected chi connectivity index (χ0v) is 10.4. The van der Waals surface area contributed by atoms with Crippen molar-refractivity contribution in [2.24, 2.45) is 5.73 Å². The summed E-state index contributed by atoms with van der Waals surface area (Å²) in [6.07, 6.45) is 4.79. The summed E-state index contributed by atoms with van der Waals surface area (Å²) >= 11 is 0. The summed E-state index contributed by atoms with van der Waals surface area (Å²) in [6, 6.07) is 0.670. The predicted molar refractivity (Wildman–Crippen MR) is 64.0 cm³/mol. The lowest BCUT2D eigenvalue weighted by molar-refractivity contribution is -0.133. The van der Waals surface area contributed by atoms with Crippen LogP contribution >= 0.6 is 0 Å². The van der Waals surface area contributed by atoms with Crippen LogP contribution in [-0.2, 0) is 4.79 Å². The Morgan fingerprint density at radius 3 is 2.62 bits per heavy atom. The van der Waals surface area contributed by atoms with Gasteiger partial charge in [-0.2, -0.15) is 0 Å². The molecule has 1 amide bonds. The van der Waals surface area contributed by atoms with Crippen LogP contribution in [0.5, 0.6) is 0 Å². The largest absolute Gasteiger partial charge is 0.337 e. The van der Waals surface area contributed by atoms with E-state index in [4.69, 9.17) is 5.73 Å². The molecule has 4 nitrogen and oxygen atoms in total. The van der Waals surface area contributed by atoms with Crippen molar-refractivity contribution >= 4 is 5.91 Å². The van der Waals surface area contributed by atoms with Crippen LogP contribution in [-0.4, -0.2) is 54.0 Å². The molecule has 0 aromatic rings. The third kappa shape index (κ3) is 2.55. The molecule has 1 heterocycles. The van der Waals surface area contributed by atoms with E-state index in [1.54, 1.807) is 6.92 Å². The summed E-state index contributed by atoms with van der Waals surface area (Å²) in [7, 11) is 2.15. The van der Waals surface area contributed by atoms with Gasteiger partial charge >= 0.3 is 0 Å². The number of nitrogens with zero attached hydrogens (tertiary/aromatic N) is 2. The molecule has 1 saturated carbocycles. The SMILES string of the molecule is C[C@H](N)C(=O)N(C[C@H]1CCCN1C)C1CC1. The summed E-state index contributed by atoms with van der Waals surface area (Å²) in [5.74, 6) is 0.128. The molecule has 2 atom stereocenters. The van der Waals surface area contributed by atoms with Gasteiger partial charge < -0.3 is 15.5 Å². The first-order valence-electron chi connectivity index (χ1n) is 6.36. The lowest BCUT2D eigenvalue weighted by Crippen LogP contribution is -2.48. The van der Waals surface area contributed by atoms with E-state index in [1.807, 2.05) is 4.90 Å². The Hall–Kier alpha value is -0.610. The maximum absolute atomic E-state index is 12.0. The van der Waals surface area contributed by atoms with Gasteiger partial charge in [-0.15, -0.1) is 0 Å². The molecule has 1 aliphatic heterocycles. The second-order valence-electron chi connectivity index (χ2n) is 5.29. The van der Waals surface area contributed by atoms with Gasteiger partial charge in [-0.3, -0.25) is 4.79 Å². The summed E-state index contributed by atoms with van der Waals surface area (Å²) in [5, 5.41) is 0. The number of nitrogens with two attached hydrogens (primary N) is 1. The van der Waals surface area contributed by atoms with Crippen LogP contribution in [0.2, 0.25) is 0 Å². The van der Waals surface area contributed by atoms with Crippen LogP contribution in [0, 0.1) is 0 Å². The lowest BCUT2D eigenvalue weighted by atomic mass is 10.2. The van der Waals surface area contributed by atoms with E-state index in [2.05, 4.69) is 11.9 Å². The van der Waals surface area contributed by atoms with Crippen molar-refractivity contribution in [1.29, 1.82) is 0 Å². The van der Waals surface area contributed by atoms with Crippen molar-refractivity contribution in [1.82, 2.24) is 9.80 Å².